The Morgan fingerprint density at radius 3 is 2.29 bits per heavy atom. The Morgan fingerprint density at radius 2 is 1.79 bits per heavy atom. The van der Waals surface area contributed by atoms with Gasteiger partial charge in [-0.05, 0) is 36.8 Å². The Balaban J connectivity index is 2.30. The largest absolute Gasteiger partial charge is 0.417 e. The molecule has 2 rings (SSSR count). The van der Waals surface area contributed by atoms with Gasteiger partial charge in [0.1, 0.15) is 5.69 Å². The minimum atomic E-state index is -4.55. The number of pyridine rings is 1. The van der Waals surface area contributed by atoms with E-state index < -0.39 is 27.7 Å². The molecular weight excluding hydrogens is 395 g/mol. The number of benzene rings is 1. The summed E-state index contributed by atoms with van der Waals surface area (Å²) in [6.07, 6.45) is -3.98. The van der Waals surface area contributed by atoms with Crippen LogP contribution in [0.15, 0.2) is 41.4 Å². The summed E-state index contributed by atoms with van der Waals surface area (Å²) in [7, 11) is -3.72. The first-order valence-electron chi connectivity index (χ1n) is 8.46. The van der Waals surface area contributed by atoms with Gasteiger partial charge in [0.2, 0.25) is 10.0 Å². The quantitative estimate of drug-likeness (QED) is 0.780. The van der Waals surface area contributed by atoms with Gasteiger partial charge >= 0.3 is 6.18 Å². The molecule has 0 saturated carbocycles. The lowest BCUT2D eigenvalue weighted by atomic mass is 10.2. The molecule has 0 aliphatic rings. The van der Waals surface area contributed by atoms with Gasteiger partial charge in [-0.3, -0.25) is 9.78 Å². The number of sulfonamides is 1. The van der Waals surface area contributed by atoms with Crippen LogP contribution in [0.3, 0.4) is 0 Å². The van der Waals surface area contributed by atoms with Crippen LogP contribution in [0.1, 0.15) is 35.5 Å². The molecule has 1 amide bonds. The normalized spacial score (nSPS) is 12.2. The molecule has 10 heteroatoms. The van der Waals surface area contributed by atoms with E-state index in [-0.39, 0.29) is 16.3 Å². The Hall–Kier alpha value is -2.46. The van der Waals surface area contributed by atoms with Crippen LogP contribution in [-0.2, 0) is 16.2 Å². The average molecular weight is 415 g/mol. The molecule has 0 unspecified atom stereocenters. The van der Waals surface area contributed by atoms with Gasteiger partial charge in [-0.15, -0.1) is 0 Å². The van der Waals surface area contributed by atoms with Crippen molar-refractivity contribution in [2.45, 2.75) is 31.8 Å². The predicted octanol–water partition coefficient (Wildman–Crippen LogP) is 3.69. The second kappa shape index (κ2) is 8.27. The van der Waals surface area contributed by atoms with Gasteiger partial charge in [0, 0.05) is 25.0 Å². The molecule has 28 heavy (non-hydrogen) atoms. The fourth-order valence-corrected chi connectivity index (χ4v) is 3.98. The fraction of sp³-hybridized carbons (Fsp3) is 0.333. The molecule has 1 N–H and O–H groups in total. The van der Waals surface area contributed by atoms with Gasteiger partial charge in [-0.25, -0.2) is 8.42 Å². The van der Waals surface area contributed by atoms with Crippen molar-refractivity contribution in [1.82, 2.24) is 9.29 Å². The Bertz CT molecular complexity index is 954. The zero-order valence-electron chi connectivity index (χ0n) is 15.5. The van der Waals surface area contributed by atoms with E-state index in [0.29, 0.717) is 24.8 Å². The topological polar surface area (TPSA) is 79.4 Å². The number of aryl methyl sites for hydroxylation is 1. The maximum Gasteiger partial charge on any atom is 0.417 e. The van der Waals surface area contributed by atoms with Crippen LogP contribution < -0.4 is 5.32 Å². The number of amides is 1. The second-order valence-corrected chi connectivity index (χ2v) is 7.89. The highest BCUT2D eigenvalue weighted by atomic mass is 32.2. The van der Waals surface area contributed by atoms with Gasteiger partial charge in [0.05, 0.1) is 10.5 Å². The Labute approximate surface area is 161 Å². The van der Waals surface area contributed by atoms with Crippen LogP contribution in [0.4, 0.5) is 18.9 Å². The van der Waals surface area contributed by atoms with E-state index in [9.17, 15) is 26.4 Å². The molecule has 1 aromatic heterocycles. The number of nitrogens with zero attached hydrogens (tertiary/aromatic N) is 2. The Kier molecular flexibility index (Phi) is 6.45. The molecule has 152 valence electrons. The molecule has 0 radical (unpaired) electrons. The van der Waals surface area contributed by atoms with E-state index in [1.165, 1.54) is 16.4 Å². The summed E-state index contributed by atoms with van der Waals surface area (Å²) in [6, 6.07) is 6.03. The minimum absolute atomic E-state index is 0.0116. The molecule has 0 atom stereocenters. The maximum atomic E-state index is 12.6. The van der Waals surface area contributed by atoms with Crippen molar-refractivity contribution in [3.63, 3.8) is 0 Å². The van der Waals surface area contributed by atoms with Gasteiger partial charge in [0.25, 0.3) is 5.91 Å². The van der Waals surface area contributed by atoms with Gasteiger partial charge < -0.3 is 5.32 Å². The summed E-state index contributed by atoms with van der Waals surface area (Å²) in [5, 5.41) is 2.51. The first-order valence-corrected chi connectivity index (χ1v) is 9.90. The molecule has 0 spiro atoms. The highest BCUT2D eigenvalue weighted by molar-refractivity contribution is 7.89. The number of hydrogen-bond acceptors (Lipinski definition) is 4. The Morgan fingerprint density at radius 1 is 1.14 bits per heavy atom. The zero-order valence-corrected chi connectivity index (χ0v) is 16.4. The van der Waals surface area contributed by atoms with Gasteiger partial charge in [-0.1, -0.05) is 19.9 Å². The molecule has 0 fully saturated rings. The molecular formula is C18H20F3N3O3S. The number of alkyl halides is 3. The third-order valence-electron chi connectivity index (χ3n) is 4.12. The van der Waals surface area contributed by atoms with Crippen LogP contribution in [-0.4, -0.2) is 36.7 Å². The van der Waals surface area contributed by atoms with Crippen molar-refractivity contribution in [2.75, 3.05) is 18.4 Å². The van der Waals surface area contributed by atoms with Gasteiger partial charge in [-0.2, -0.15) is 17.5 Å². The molecule has 0 saturated heterocycles. The molecule has 2 aromatic rings. The molecule has 0 aliphatic carbocycles. The average Bonchev–Trinajstić information content (AvgIpc) is 2.63. The third kappa shape index (κ3) is 4.68. The number of halogens is 3. The number of nitrogens with one attached hydrogen (secondary N) is 1. The van der Waals surface area contributed by atoms with Crippen LogP contribution >= 0.6 is 0 Å². The van der Waals surface area contributed by atoms with Crippen molar-refractivity contribution in [1.29, 1.82) is 0 Å². The molecule has 0 aliphatic heterocycles. The summed E-state index contributed by atoms with van der Waals surface area (Å²) in [6.45, 7) is 5.69. The van der Waals surface area contributed by atoms with E-state index in [4.69, 9.17) is 0 Å². The highest BCUT2D eigenvalue weighted by Gasteiger charge is 2.31. The molecule has 1 aromatic carbocycles. The first kappa shape index (κ1) is 21.8. The van der Waals surface area contributed by atoms with Crippen molar-refractivity contribution >= 4 is 21.6 Å². The monoisotopic (exact) mass is 415 g/mol. The summed E-state index contributed by atoms with van der Waals surface area (Å²) in [5.41, 5.74) is -0.351. The summed E-state index contributed by atoms with van der Waals surface area (Å²) < 4.78 is 64.4. The fourth-order valence-electron chi connectivity index (χ4n) is 2.49. The number of anilines is 1. The van der Waals surface area contributed by atoms with E-state index in [1.54, 1.807) is 26.8 Å². The molecule has 0 bridgehead atoms. The zero-order chi connectivity index (χ0) is 21.1. The summed E-state index contributed by atoms with van der Waals surface area (Å²) >= 11 is 0. The van der Waals surface area contributed by atoms with E-state index in [2.05, 4.69) is 10.3 Å². The number of rotatable bonds is 6. The van der Waals surface area contributed by atoms with Crippen molar-refractivity contribution < 1.29 is 26.4 Å². The predicted molar refractivity (Wildman–Crippen MR) is 98.5 cm³/mol. The van der Waals surface area contributed by atoms with E-state index >= 15 is 0 Å². The number of aromatic nitrogens is 1. The van der Waals surface area contributed by atoms with E-state index in [0.717, 1.165) is 12.1 Å². The SMILES string of the molecule is CCN(CC)S(=O)(=O)c1ccc(C)c(NC(=O)c2ccc(C(F)(F)F)cn2)c1. The molecule has 6 nitrogen and oxygen atoms in total. The van der Waals surface area contributed by atoms with Crippen molar-refractivity contribution in [2.24, 2.45) is 0 Å². The summed E-state index contributed by atoms with van der Waals surface area (Å²) in [4.78, 5) is 15.9. The number of carbonyl (C=O) groups is 1. The molecule has 1 heterocycles. The van der Waals surface area contributed by atoms with Crippen LogP contribution in [0.5, 0.6) is 0 Å². The number of carbonyl (C=O) groups excluding carboxylic acids is 1. The third-order valence-corrected chi connectivity index (χ3v) is 6.17. The first-order chi connectivity index (χ1) is 13.0. The lowest BCUT2D eigenvalue weighted by Gasteiger charge is -2.19. The summed E-state index contributed by atoms with van der Waals surface area (Å²) in [5.74, 6) is -0.741. The smallest absolute Gasteiger partial charge is 0.320 e. The second-order valence-electron chi connectivity index (χ2n) is 5.95. The lowest BCUT2D eigenvalue weighted by molar-refractivity contribution is -0.137. The van der Waals surface area contributed by atoms with Crippen molar-refractivity contribution in [3.8, 4) is 0 Å². The van der Waals surface area contributed by atoms with Gasteiger partial charge in [0.15, 0.2) is 0 Å². The number of hydrogen-bond donors (Lipinski definition) is 1. The van der Waals surface area contributed by atoms with E-state index in [1.807, 2.05) is 0 Å². The lowest BCUT2D eigenvalue weighted by Crippen LogP contribution is -2.30. The maximum absolute atomic E-state index is 12.6. The van der Waals surface area contributed by atoms with Crippen LogP contribution in [0.2, 0.25) is 0 Å². The van der Waals surface area contributed by atoms with Crippen LogP contribution in [0, 0.1) is 6.92 Å². The highest BCUT2D eigenvalue weighted by Crippen LogP contribution is 2.28. The van der Waals surface area contributed by atoms with Crippen molar-refractivity contribution in [3.05, 3.63) is 53.3 Å². The standard InChI is InChI=1S/C18H20F3N3O3S/c1-4-24(5-2)28(26,27)14-8-6-12(3)16(10-14)23-17(25)15-9-7-13(11-22-15)18(19,20)21/h6-11H,4-5H2,1-3H3,(H,23,25). The van der Waals surface area contributed by atoms with Crippen LogP contribution in [0.25, 0.3) is 0 Å². The minimum Gasteiger partial charge on any atom is -0.320 e.